The Morgan fingerprint density at radius 1 is 1.04 bits per heavy atom. The highest BCUT2D eigenvalue weighted by molar-refractivity contribution is 7.89. The summed E-state index contributed by atoms with van der Waals surface area (Å²) in [6.07, 6.45) is -0.182. The molecule has 2 N–H and O–H groups in total. The molecule has 0 atom stereocenters. The number of methoxy groups -OCH3 is 2. The summed E-state index contributed by atoms with van der Waals surface area (Å²) in [5, 5.41) is 2.59. The lowest BCUT2D eigenvalue weighted by atomic mass is 10.2. The van der Waals surface area contributed by atoms with Gasteiger partial charge in [0, 0.05) is 19.0 Å². The number of hydrogen-bond donors (Lipinski definition) is 2. The van der Waals surface area contributed by atoms with Gasteiger partial charge in [-0.2, -0.15) is 0 Å². The summed E-state index contributed by atoms with van der Waals surface area (Å²) in [5.41, 5.74) is 0.395. The molecular weight excluding hydrogens is 382 g/mol. The topological polar surface area (TPSA) is 93.7 Å². The van der Waals surface area contributed by atoms with Gasteiger partial charge in [-0.1, -0.05) is 0 Å². The number of carbonyl (C=O) groups is 1. The van der Waals surface area contributed by atoms with Crippen LogP contribution in [0.1, 0.15) is 6.42 Å². The van der Waals surface area contributed by atoms with E-state index in [1.807, 2.05) is 0 Å². The number of carbonyl (C=O) groups excluding carboxylic acids is 1. The molecule has 0 spiro atoms. The number of anilines is 1. The molecule has 0 aliphatic carbocycles. The second kappa shape index (κ2) is 8.78. The number of hydrogen-bond acceptors (Lipinski definition) is 5. The van der Waals surface area contributed by atoms with Crippen molar-refractivity contribution in [3.05, 3.63) is 48.0 Å². The molecule has 0 radical (unpaired) electrons. The van der Waals surface area contributed by atoms with Crippen LogP contribution in [0.5, 0.6) is 11.5 Å². The first-order chi connectivity index (χ1) is 12.8. The standard InChI is InChI=1S/C17H18F2N2O5S/c1-25-11-3-6-15(16(9-11)26-2)21-17(22)7-8-20-27(23,24)12-4-5-13(18)14(19)10-12/h3-6,9-10,20H,7-8H2,1-2H3,(H,21,22). The highest BCUT2D eigenvalue weighted by atomic mass is 32.2. The summed E-state index contributed by atoms with van der Waals surface area (Å²) < 4.78 is 62.5. The molecular formula is C17H18F2N2O5S. The summed E-state index contributed by atoms with van der Waals surface area (Å²) in [5.74, 6) is -1.97. The van der Waals surface area contributed by atoms with E-state index >= 15 is 0 Å². The van der Waals surface area contributed by atoms with Crippen molar-refractivity contribution in [2.45, 2.75) is 11.3 Å². The summed E-state index contributed by atoms with van der Waals surface area (Å²) >= 11 is 0. The second-order valence-corrected chi connectivity index (χ2v) is 7.11. The van der Waals surface area contributed by atoms with Gasteiger partial charge in [0.1, 0.15) is 11.5 Å². The zero-order valence-corrected chi connectivity index (χ0v) is 15.4. The van der Waals surface area contributed by atoms with Crippen molar-refractivity contribution in [1.29, 1.82) is 0 Å². The van der Waals surface area contributed by atoms with E-state index in [-0.39, 0.29) is 13.0 Å². The SMILES string of the molecule is COc1ccc(NC(=O)CCNS(=O)(=O)c2ccc(F)c(F)c2)c(OC)c1. The summed E-state index contributed by atoms with van der Waals surface area (Å²) in [6.45, 7) is -0.231. The molecule has 0 aromatic heterocycles. The summed E-state index contributed by atoms with van der Waals surface area (Å²) in [4.78, 5) is 11.6. The van der Waals surface area contributed by atoms with E-state index in [1.54, 1.807) is 18.2 Å². The maximum absolute atomic E-state index is 13.2. The van der Waals surface area contributed by atoms with Crippen molar-refractivity contribution in [2.24, 2.45) is 0 Å². The molecule has 1 amide bonds. The Balaban J connectivity index is 1.95. The van der Waals surface area contributed by atoms with E-state index in [2.05, 4.69) is 10.0 Å². The maximum atomic E-state index is 13.2. The molecule has 7 nitrogen and oxygen atoms in total. The van der Waals surface area contributed by atoms with Crippen molar-refractivity contribution in [1.82, 2.24) is 4.72 Å². The van der Waals surface area contributed by atoms with Gasteiger partial charge >= 0.3 is 0 Å². The minimum absolute atomic E-state index is 0.182. The van der Waals surface area contributed by atoms with Crippen LogP contribution in [0.15, 0.2) is 41.3 Å². The largest absolute Gasteiger partial charge is 0.497 e. The minimum Gasteiger partial charge on any atom is -0.497 e. The molecule has 0 bridgehead atoms. The number of sulfonamides is 1. The van der Waals surface area contributed by atoms with Crippen LogP contribution in [0, 0.1) is 11.6 Å². The third kappa shape index (κ3) is 5.38. The Kier molecular flexibility index (Phi) is 6.70. The summed E-state index contributed by atoms with van der Waals surface area (Å²) in [7, 11) is -1.14. The van der Waals surface area contributed by atoms with Gasteiger partial charge < -0.3 is 14.8 Å². The molecule has 2 aromatic carbocycles. The molecule has 0 heterocycles. The lowest BCUT2D eigenvalue weighted by Crippen LogP contribution is -2.28. The van der Waals surface area contributed by atoms with Gasteiger partial charge in [0.05, 0.1) is 24.8 Å². The fourth-order valence-electron chi connectivity index (χ4n) is 2.14. The fourth-order valence-corrected chi connectivity index (χ4v) is 3.18. The smallest absolute Gasteiger partial charge is 0.240 e. The normalized spacial score (nSPS) is 11.1. The van der Waals surface area contributed by atoms with Crippen LogP contribution in [0.25, 0.3) is 0 Å². The van der Waals surface area contributed by atoms with Crippen LogP contribution < -0.4 is 19.5 Å². The molecule has 2 rings (SSSR count). The molecule has 0 saturated heterocycles. The van der Waals surface area contributed by atoms with Crippen LogP contribution in [0.4, 0.5) is 14.5 Å². The average Bonchev–Trinajstić information content (AvgIpc) is 2.64. The quantitative estimate of drug-likeness (QED) is 0.709. The lowest BCUT2D eigenvalue weighted by Gasteiger charge is -2.12. The molecule has 0 unspecified atom stereocenters. The first-order valence-electron chi connectivity index (χ1n) is 7.73. The van der Waals surface area contributed by atoms with Gasteiger partial charge in [0.15, 0.2) is 11.6 Å². The summed E-state index contributed by atoms with van der Waals surface area (Å²) in [6, 6.07) is 7.02. The fraction of sp³-hybridized carbons (Fsp3) is 0.235. The predicted octanol–water partition coefficient (Wildman–Crippen LogP) is 2.29. The van der Waals surface area contributed by atoms with E-state index in [0.717, 1.165) is 6.07 Å². The van der Waals surface area contributed by atoms with Gasteiger partial charge in [-0.3, -0.25) is 4.79 Å². The monoisotopic (exact) mass is 400 g/mol. The van der Waals surface area contributed by atoms with E-state index in [1.165, 1.54) is 14.2 Å². The van der Waals surface area contributed by atoms with Crippen LogP contribution in [0.2, 0.25) is 0 Å². The highest BCUT2D eigenvalue weighted by Gasteiger charge is 2.17. The third-order valence-corrected chi connectivity index (χ3v) is 4.99. The third-order valence-electron chi connectivity index (χ3n) is 3.53. The predicted molar refractivity (Wildman–Crippen MR) is 94.3 cm³/mol. The second-order valence-electron chi connectivity index (χ2n) is 5.34. The maximum Gasteiger partial charge on any atom is 0.240 e. The first-order valence-corrected chi connectivity index (χ1v) is 9.21. The van der Waals surface area contributed by atoms with Gasteiger partial charge in [-0.15, -0.1) is 0 Å². The number of rotatable bonds is 8. The van der Waals surface area contributed by atoms with E-state index in [0.29, 0.717) is 29.3 Å². The average molecular weight is 400 g/mol. The van der Waals surface area contributed by atoms with Crippen LogP contribution >= 0.6 is 0 Å². The molecule has 10 heteroatoms. The van der Waals surface area contributed by atoms with Crippen molar-refractivity contribution >= 4 is 21.6 Å². The van der Waals surface area contributed by atoms with E-state index < -0.39 is 32.5 Å². The van der Waals surface area contributed by atoms with Crippen molar-refractivity contribution in [3.8, 4) is 11.5 Å². The van der Waals surface area contributed by atoms with Crippen LogP contribution in [0.3, 0.4) is 0 Å². The molecule has 0 aliphatic rings. The van der Waals surface area contributed by atoms with Crippen molar-refractivity contribution < 1.29 is 31.5 Å². The zero-order valence-electron chi connectivity index (χ0n) is 14.6. The number of ether oxygens (including phenoxy) is 2. The Hall–Kier alpha value is -2.72. The Bertz CT molecular complexity index is 935. The highest BCUT2D eigenvalue weighted by Crippen LogP contribution is 2.29. The van der Waals surface area contributed by atoms with Crippen LogP contribution in [-0.4, -0.2) is 35.1 Å². The molecule has 2 aromatic rings. The van der Waals surface area contributed by atoms with Gasteiger partial charge in [-0.25, -0.2) is 21.9 Å². The zero-order chi connectivity index (χ0) is 20.0. The van der Waals surface area contributed by atoms with Crippen molar-refractivity contribution in [2.75, 3.05) is 26.1 Å². The van der Waals surface area contributed by atoms with E-state index in [4.69, 9.17) is 9.47 Å². The van der Waals surface area contributed by atoms with Crippen LogP contribution in [-0.2, 0) is 14.8 Å². The van der Waals surface area contributed by atoms with E-state index in [9.17, 15) is 22.0 Å². The Labute approximate surface area is 155 Å². The first kappa shape index (κ1) is 20.6. The number of benzene rings is 2. The molecule has 146 valence electrons. The number of nitrogens with one attached hydrogen (secondary N) is 2. The lowest BCUT2D eigenvalue weighted by molar-refractivity contribution is -0.116. The molecule has 27 heavy (non-hydrogen) atoms. The Morgan fingerprint density at radius 3 is 2.41 bits per heavy atom. The van der Waals surface area contributed by atoms with Gasteiger partial charge in [-0.05, 0) is 30.3 Å². The number of halogens is 2. The Morgan fingerprint density at radius 2 is 1.78 bits per heavy atom. The van der Waals surface area contributed by atoms with Crippen molar-refractivity contribution in [3.63, 3.8) is 0 Å². The molecule has 0 fully saturated rings. The number of amides is 1. The van der Waals surface area contributed by atoms with Gasteiger partial charge in [0.25, 0.3) is 0 Å². The minimum atomic E-state index is -4.07. The molecule has 0 saturated carbocycles. The van der Waals surface area contributed by atoms with Gasteiger partial charge in [0.2, 0.25) is 15.9 Å². The molecule has 0 aliphatic heterocycles.